The monoisotopic (exact) mass is 668 g/mol. The van der Waals surface area contributed by atoms with Crippen LogP contribution in [0.1, 0.15) is 54.4 Å². The van der Waals surface area contributed by atoms with Crippen molar-refractivity contribution < 1.29 is 23.7 Å². The quantitative estimate of drug-likeness (QED) is 0.119. The van der Waals surface area contributed by atoms with Gasteiger partial charge >= 0.3 is 0 Å². The normalized spacial score (nSPS) is 19.2. The average molecular weight is 669 g/mol. The Bertz CT molecular complexity index is 1660. The molecule has 2 saturated carbocycles. The molecule has 0 amide bonds. The first kappa shape index (κ1) is 34.3. The molecule has 5 heteroatoms. The Balaban J connectivity index is 1.13. The predicted molar refractivity (Wildman–Crippen MR) is 196 cm³/mol. The summed E-state index contributed by atoms with van der Waals surface area (Å²) >= 11 is 0. The molecule has 2 fully saturated rings. The second kappa shape index (κ2) is 16.3. The number of ether oxygens (including phenoxy) is 4. The molecule has 0 heterocycles. The molecule has 1 atom stereocenters. The molecule has 0 bridgehead atoms. The molecule has 3 aliphatic rings. The third-order valence-corrected chi connectivity index (χ3v) is 10.5. The van der Waals surface area contributed by atoms with Gasteiger partial charge in [-0.15, -0.1) is 0 Å². The van der Waals surface area contributed by atoms with Crippen LogP contribution in [0, 0.1) is 16.7 Å². The molecular formula is C45H48O5. The lowest BCUT2D eigenvalue weighted by Crippen LogP contribution is -2.30. The second-order valence-electron chi connectivity index (χ2n) is 14.7. The van der Waals surface area contributed by atoms with Crippen LogP contribution in [0.4, 0.5) is 0 Å². The fourth-order valence-electron chi connectivity index (χ4n) is 8.18. The van der Waals surface area contributed by atoms with Crippen LogP contribution in [0.5, 0.6) is 0 Å². The van der Waals surface area contributed by atoms with E-state index in [0.29, 0.717) is 59.3 Å². The molecule has 1 unspecified atom stereocenters. The first-order valence-electron chi connectivity index (χ1n) is 18.0. The van der Waals surface area contributed by atoms with Crippen molar-refractivity contribution in [3.63, 3.8) is 0 Å². The first-order valence-corrected chi connectivity index (χ1v) is 18.0. The van der Waals surface area contributed by atoms with Gasteiger partial charge in [-0.05, 0) is 71.1 Å². The number of hydrogen-bond acceptors (Lipinski definition) is 5. The molecule has 0 aliphatic heterocycles. The van der Waals surface area contributed by atoms with E-state index in [2.05, 4.69) is 72.8 Å². The van der Waals surface area contributed by atoms with Gasteiger partial charge in [-0.25, -0.2) is 0 Å². The summed E-state index contributed by atoms with van der Waals surface area (Å²) in [5, 5.41) is 0. The minimum atomic E-state index is -0.251. The highest BCUT2D eigenvalue weighted by atomic mass is 16.5. The lowest BCUT2D eigenvalue weighted by atomic mass is 9.85. The van der Waals surface area contributed by atoms with Gasteiger partial charge in [-0.2, -0.15) is 0 Å². The molecule has 4 aromatic rings. The summed E-state index contributed by atoms with van der Waals surface area (Å²) in [6, 6.07) is 41.4. The van der Waals surface area contributed by atoms with Crippen molar-refractivity contribution >= 4 is 5.78 Å². The summed E-state index contributed by atoms with van der Waals surface area (Å²) in [6.45, 7) is 4.52. The van der Waals surface area contributed by atoms with Gasteiger partial charge in [0.15, 0.2) is 5.78 Å². The van der Waals surface area contributed by atoms with Crippen LogP contribution >= 0.6 is 0 Å². The summed E-state index contributed by atoms with van der Waals surface area (Å²) in [5.41, 5.74) is 8.11. The molecule has 7 rings (SSSR count). The molecule has 3 aliphatic carbocycles. The standard InChI is InChI=1S/C45H48O5/c46-41-21-39-23-44(31-47-27-35-13-5-1-6-14-35,32-48-28-36-15-7-2-8-16-36)25-42(39)43-26-45(24-40(43)22-41,33-49-29-37-17-9-3-10-18-37)34-50-30-38-19-11-4-12-20-38/h1-21,40H,22-34H2. The van der Waals surface area contributed by atoms with Gasteiger partial charge in [0, 0.05) is 17.3 Å². The largest absolute Gasteiger partial charge is 0.376 e. The van der Waals surface area contributed by atoms with Gasteiger partial charge in [0.1, 0.15) is 0 Å². The Morgan fingerprint density at radius 2 is 0.900 bits per heavy atom. The molecule has 258 valence electrons. The SMILES string of the molecule is O=C1C=C2CC(COCc3ccccc3)(COCc3ccccc3)CC2=C2CC(COCc3ccccc3)(COCc3ccccc3)CC2C1. The lowest BCUT2D eigenvalue weighted by molar-refractivity contribution is -0.115. The fraction of sp³-hybridized carbons (Fsp3) is 0.356. The van der Waals surface area contributed by atoms with Crippen LogP contribution in [-0.2, 0) is 50.2 Å². The van der Waals surface area contributed by atoms with Crippen molar-refractivity contribution in [1.29, 1.82) is 0 Å². The van der Waals surface area contributed by atoms with Gasteiger partial charge < -0.3 is 18.9 Å². The fourth-order valence-corrected chi connectivity index (χ4v) is 8.18. The highest BCUT2D eigenvalue weighted by Crippen LogP contribution is 2.56. The van der Waals surface area contributed by atoms with Crippen molar-refractivity contribution in [3.05, 3.63) is 166 Å². The number of hydrogen-bond donors (Lipinski definition) is 0. The van der Waals surface area contributed by atoms with Crippen molar-refractivity contribution in [3.8, 4) is 0 Å². The maximum atomic E-state index is 13.6. The Hall–Kier alpha value is -4.13. The molecule has 0 radical (unpaired) electrons. The number of fused-ring (bicyclic) bond motifs is 2. The summed E-state index contributed by atoms with van der Waals surface area (Å²) in [7, 11) is 0. The minimum Gasteiger partial charge on any atom is -0.376 e. The summed E-state index contributed by atoms with van der Waals surface area (Å²) in [4.78, 5) is 13.6. The Morgan fingerprint density at radius 3 is 1.32 bits per heavy atom. The van der Waals surface area contributed by atoms with E-state index in [4.69, 9.17) is 18.9 Å². The Kier molecular flexibility index (Phi) is 11.2. The van der Waals surface area contributed by atoms with Crippen molar-refractivity contribution in [2.45, 2.75) is 58.5 Å². The third-order valence-electron chi connectivity index (χ3n) is 10.5. The molecule has 0 N–H and O–H groups in total. The maximum absolute atomic E-state index is 13.6. The molecule has 0 saturated heterocycles. The van der Waals surface area contributed by atoms with Crippen LogP contribution in [0.2, 0.25) is 0 Å². The number of benzene rings is 4. The van der Waals surface area contributed by atoms with E-state index in [-0.39, 0.29) is 22.5 Å². The smallest absolute Gasteiger partial charge is 0.156 e. The predicted octanol–water partition coefficient (Wildman–Crippen LogP) is 9.23. The molecule has 4 aromatic carbocycles. The Morgan fingerprint density at radius 1 is 0.500 bits per heavy atom. The van der Waals surface area contributed by atoms with Crippen LogP contribution in [0.3, 0.4) is 0 Å². The van der Waals surface area contributed by atoms with Crippen LogP contribution < -0.4 is 0 Å². The van der Waals surface area contributed by atoms with E-state index in [1.165, 1.54) is 16.7 Å². The number of ketones is 1. The Labute approximate surface area is 296 Å². The average Bonchev–Trinajstić information content (AvgIpc) is 3.64. The highest BCUT2D eigenvalue weighted by Gasteiger charge is 2.49. The van der Waals surface area contributed by atoms with E-state index < -0.39 is 0 Å². The summed E-state index contributed by atoms with van der Waals surface area (Å²) < 4.78 is 25.9. The number of allylic oxidation sites excluding steroid dienone is 4. The summed E-state index contributed by atoms with van der Waals surface area (Å²) in [6.07, 6.45) is 5.85. The first-order chi connectivity index (χ1) is 24.6. The lowest BCUT2D eigenvalue weighted by Gasteiger charge is -2.29. The van der Waals surface area contributed by atoms with Crippen molar-refractivity contribution in [2.24, 2.45) is 16.7 Å². The molecular weight excluding hydrogens is 620 g/mol. The van der Waals surface area contributed by atoms with Gasteiger partial charge in [0.2, 0.25) is 0 Å². The molecule has 50 heavy (non-hydrogen) atoms. The van der Waals surface area contributed by atoms with E-state index in [1.54, 1.807) is 0 Å². The topological polar surface area (TPSA) is 54.0 Å². The van der Waals surface area contributed by atoms with Gasteiger partial charge in [-0.3, -0.25) is 4.79 Å². The van der Waals surface area contributed by atoms with Crippen LogP contribution in [0.15, 0.2) is 144 Å². The van der Waals surface area contributed by atoms with Crippen molar-refractivity contribution in [2.75, 3.05) is 26.4 Å². The highest BCUT2D eigenvalue weighted by molar-refractivity contribution is 5.92. The van der Waals surface area contributed by atoms with Crippen LogP contribution in [0.25, 0.3) is 0 Å². The minimum absolute atomic E-state index is 0.179. The third kappa shape index (κ3) is 8.77. The van der Waals surface area contributed by atoms with E-state index in [0.717, 1.165) is 47.9 Å². The molecule has 0 aromatic heterocycles. The number of rotatable bonds is 16. The zero-order valence-corrected chi connectivity index (χ0v) is 28.9. The second-order valence-corrected chi connectivity index (χ2v) is 14.7. The summed E-state index contributed by atoms with van der Waals surface area (Å²) in [5.74, 6) is 0.396. The molecule has 5 nitrogen and oxygen atoms in total. The van der Waals surface area contributed by atoms with Crippen LogP contribution in [-0.4, -0.2) is 32.2 Å². The zero-order chi connectivity index (χ0) is 34.1. The van der Waals surface area contributed by atoms with E-state index >= 15 is 0 Å². The zero-order valence-electron chi connectivity index (χ0n) is 28.9. The van der Waals surface area contributed by atoms with Gasteiger partial charge in [0.05, 0.1) is 52.9 Å². The van der Waals surface area contributed by atoms with E-state index in [9.17, 15) is 4.79 Å². The number of carbonyl (C=O) groups excluding carboxylic acids is 1. The number of carbonyl (C=O) groups is 1. The van der Waals surface area contributed by atoms with E-state index in [1.807, 2.05) is 54.6 Å². The molecule has 0 spiro atoms. The van der Waals surface area contributed by atoms with Crippen molar-refractivity contribution in [1.82, 2.24) is 0 Å². The van der Waals surface area contributed by atoms with Gasteiger partial charge in [-0.1, -0.05) is 127 Å². The maximum Gasteiger partial charge on any atom is 0.156 e. The van der Waals surface area contributed by atoms with Gasteiger partial charge in [0.25, 0.3) is 0 Å².